The zero-order chi connectivity index (χ0) is 13.7. The molecule has 0 aliphatic heterocycles. The summed E-state index contributed by atoms with van der Waals surface area (Å²) in [4.78, 5) is 13.1. The Kier molecular flexibility index (Phi) is 5.16. The first-order valence-electron chi connectivity index (χ1n) is 6.24. The lowest BCUT2D eigenvalue weighted by Crippen LogP contribution is -2.21. The van der Waals surface area contributed by atoms with Gasteiger partial charge in [-0.25, -0.2) is 0 Å². The van der Waals surface area contributed by atoms with E-state index < -0.39 is 6.10 Å². The van der Waals surface area contributed by atoms with Gasteiger partial charge in [0, 0.05) is 36.8 Å². The Balaban J connectivity index is 2.95. The van der Waals surface area contributed by atoms with Gasteiger partial charge >= 0.3 is 0 Å². The smallest absolute Gasteiger partial charge is 0.132 e. The van der Waals surface area contributed by atoms with Crippen molar-refractivity contribution in [1.82, 2.24) is 0 Å². The number of carbonyl (C=O) groups is 1. The molecule has 0 fully saturated rings. The number of nitrogens with zero attached hydrogens (tertiary/aromatic N) is 1. The summed E-state index contributed by atoms with van der Waals surface area (Å²) in [6.45, 7) is 7.21. The first-order valence-corrected chi connectivity index (χ1v) is 6.24. The zero-order valence-corrected chi connectivity index (χ0v) is 11.2. The first kappa shape index (κ1) is 14.5. The molecule has 0 aliphatic carbocycles. The molecule has 0 aromatic heterocycles. The number of ketones is 1. The highest BCUT2D eigenvalue weighted by molar-refractivity contribution is 5.76. The van der Waals surface area contributed by atoms with E-state index >= 15 is 0 Å². The van der Waals surface area contributed by atoms with Crippen molar-refractivity contribution in [2.75, 3.05) is 18.0 Å². The SMILES string of the molecule is CCN(CC)c1ccc(C(O)CC(C)=O)c(O)c1. The van der Waals surface area contributed by atoms with Crippen molar-refractivity contribution >= 4 is 11.5 Å². The molecule has 100 valence electrons. The minimum absolute atomic E-state index is 0.0260. The summed E-state index contributed by atoms with van der Waals surface area (Å²) in [5.41, 5.74) is 1.32. The van der Waals surface area contributed by atoms with Gasteiger partial charge in [0.25, 0.3) is 0 Å². The molecular weight excluding hydrogens is 230 g/mol. The topological polar surface area (TPSA) is 60.8 Å². The quantitative estimate of drug-likeness (QED) is 0.814. The van der Waals surface area contributed by atoms with Gasteiger partial charge in [0.15, 0.2) is 0 Å². The molecule has 0 bridgehead atoms. The molecule has 0 aliphatic rings. The summed E-state index contributed by atoms with van der Waals surface area (Å²) >= 11 is 0. The molecule has 0 saturated heterocycles. The van der Waals surface area contributed by atoms with Gasteiger partial charge < -0.3 is 15.1 Å². The first-order chi connectivity index (χ1) is 8.49. The Bertz CT molecular complexity index is 414. The second-order valence-electron chi connectivity index (χ2n) is 4.34. The average molecular weight is 251 g/mol. The molecule has 4 heteroatoms. The fourth-order valence-corrected chi connectivity index (χ4v) is 1.98. The Morgan fingerprint density at radius 1 is 1.33 bits per heavy atom. The van der Waals surface area contributed by atoms with Crippen LogP contribution in [-0.4, -0.2) is 29.1 Å². The lowest BCUT2D eigenvalue weighted by molar-refractivity contribution is -0.118. The summed E-state index contributed by atoms with van der Waals surface area (Å²) in [6, 6.07) is 5.16. The Morgan fingerprint density at radius 2 is 1.94 bits per heavy atom. The highest BCUT2D eigenvalue weighted by atomic mass is 16.3. The van der Waals surface area contributed by atoms with Gasteiger partial charge in [-0.1, -0.05) is 6.07 Å². The number of hydrogen-bond acceptors (Lipinski definition) is 4. The van der Waals surface area contributed by atoms with Crippen LogP contribution in [0, 0.1) is 0 Å². The van der Waals surface area contributed by atoms with Crippen LogP contribution in [0.4, 0.5) is 5.69 Å². The fourth-order valence-electron chi connectivity index (χ4n) is 1.98. The van der Waals surface area contributed by atoms with Gasteiger partial charge in [0.05, 0.1) is 6.10 Å². The number of rotatable bonds is 6. The number of phenols is 1. The summed E-state index contributed by atoms with van der Waals surface area (Å²) < 4.78 is 0. The van der Waals surface area contributed by atoms with Crippen LogP contribution in [-0.2, 0) is 4.79 Å². The Hall–Kier alpha value is -1.55. The second kappa shape index (κ2) is 6.40. The maximum Gasteiger partial charge on any atom is 0.132 e. The van der Waals surface area contributed by atoms with Crippen LogP contribution in [0.25, 0.3) is 0 Å². The van der Waals surface area contributed by atoms with Crippen molar-refractivity contribution in [3.63, 3.8) is 0 Å². The summed E-state index contributed by atoms with van der Waals surface area (Å²) in [5, 5.41) is 19.7. The molecule has 2 N–H and O–H groups in total. The summed E-state index contributed by atoms with van der Waals surface area (Å²) in [5.74, 6) is -0.0668. The van der Waals surface area contributed by atoms with E-state index in [-0.39, 0.29) is 18.0 Å². The predicted molar refractivity (Wildman–Crippen MR) is 71.9 cm³/mol. The lowest BCUT2D eigenvalue weighted by atomic mass is 10.0. The number of phenolic OH excluding ortho intramolecular Hbond substituents is 1. The van der Waals surface area contributed by atoms with Crippen molar-refractivity contribution in [2.45, 2.75) is 33.3 Å². The summed E-state index contributed by atoms with van der Waals surface area (Å²) in [7, 11) is 0. The van der Waals surface area contributed by atoms with Gasteiger partial charge in [-0.05, 0) is 26.8 Å². The number of aromatic hydroxyl groups is 1. The highest BCUT2D eigenvalue weighted by Crippen LogP contribution is 2.30. The van der Waals surface area contributed by atoms with Crippen molar-refractivity contribution in [3.8, 4) is 5.75 Å². The number of Topliss-reactive ketones (excluding diaryl/α,β-unsaturated/α-hetero) is 1. The molecule has 0 amide bonds. The van der Waals surface area contributed by atoms with Crippen LogP contribution in [0.1, 0.15) is 38.9 Å². The summed E-state index contributed by atoms with van der Waals surface area (Å²) in [6.07, 6.45) is -0.911. The zero-order valence-electron chi connectivity index (χ0n) is 11.2. The molecular formula is C14H21NO3. The largest absolute Gasteiger partial charge is 0.507 e. The van der Waals surface area contributed by atoms with E-state index in [0.29, 0.717) is 5.56 Å². The monoisotopic (exact) mass is 251 g/mol. The van der Waals surface area contributed by atoms with E-state index in [1.165, 1.54) is 6.92 Å². The lowest BCUT2D eigenvalue weighted by Gasteiger charge is -2.22. The van der Waals surface area contributed by atoms with Gasteiger partial charge in [-0.15, -0.1) is 0 Å². The minimum atomic E-state index is -0.937. The van der Waals surface area contributed by atoms with Gasteiger partial charge in [-0.2, -0.15) is 0 Å². The Labute approximate surface area is 108 Å². The van der Waals surface area contributed by atoms with Crippen LogP contribution < -0.4 is 4.90 Å². The van der Waals surface area contributed by atoms with E-state index in [1.54, 1.807) is 12.1 Å². The Morgan fingerprint density at radius 3 is 2.39 bits per heavy atom. The number of benzene rings is 1. The molecule has 1 atom stereocenters. The van der Waals surface area contributed by atoms with E-state index in [1.807, 2.05) is 19.9 Å². The third-order valence-electron chi connectivity index (χ3n) is 2.98. The van der Waals surface area contributed by atoms with Crippen LogP contribution in [0.2, 0.25) is 0 Å². The fraction of sp³-hybridized carbons (Fsp3) is 0.500. The number of hydrogen-bond donors (Lipinski definition) is 2. The number of carbonyl (C=O) groups excluding carboxylic acids is 1. The highest BCUT2D eigenvalue weighted by Gasteiger charge is 2.15. The second-order valence-corrected chi connectivity index (χ2v) is 4.34. The number of aliphatic hydroxyl groups is 1. The minimum Gasteiger partial charge on any atom is -0.507 e. The normalized spacial score (nSPS) is 12.2. The van der Waals surface area contributed by atoms with Crippen LogP contribution in [0.15, 0.2) is 18.2 Å². The van der Waals surface area contributed by atoms with Crippen molar-refractivity contribution < 1.29 is 15.0 Å². The van der Waals surface area contributed by atoms with Gasteiger partial charge in [0.1, 0.15) is 11.5 Å². The van der Waals surface area contributed by atoms with E-state index in [2.05, 4.69) is 4.90 Å². The molecule has 18 heavy (non-hydrogen) atoms. The molecule has 0 spiro atoms. The molecule has 0 heterocycles. The van der Waals surface area contributed by atoms with Crippen LogP contribution in [0.5, 0.6) is 5.75 Å². The predicted octanol–water partition coefficient (Wildman–Crippen LogP) is 2.25. The third-order valence-corrected chi connectivity index (χ3v) is 2.98. The maximum atomic E-state index is 11.0. The molecule has 4 nitrogen and oxygen atoms in total. The molecule has 1 unspecified atom stereocenters. The molecule has 1 aromatic carbocycles. The number of aliphatic hydroxyl groups excluding tert-OH is 1. The van der Waals surface area contributed by atoms with Crippen LogP contribution >= 0.6 is 0 Å². The van der Waals surface area contributed by atoms with Gasteiger partial charge in [0.2, 0.25) is 0 Å². The molecule has 0 saturated carbocycles. The number of anilines is 1. The van der Waals surface area contributed by atoms with Crippen molar-refractivity contribution in [1.29, 1.82) is 0 Å². The maximum absolute atomic E-state index is 11.0. The van der Waals surface area contributed by atoms with E-state index in [9.17, 15) is 15.0 Å². The molecule has 1 rings (SSSR count). The third kappa shape index (κ3) is 3.47. The van der Waals surface area contributed by atoms with E-state index in [4.69, 9.17) is 0 Å². The molecule has 1 aromatic rings. The van der Waals surface area contributed by atoms with Crippen molar-refractivity contribution in [3.05, 3.63) is 23.8 Å². The van der Waals surface area contributed by atoms with E-state index in [0.717, 1.165) is 18.8 Å². The van der Waals surface area contributed by atoms with Gasteiger partial charge in [-0.3, -0.25) is 4.79 Å². The van der Waals surface area contributed by atoms with Crippen LogP contribution in [0.3, 0.4) is 0 Å². The standard InChI is InChI=1S/C14H21NO3/c1-4-15(5-2)11-6-7-12(14(18)9-11)13(17)8-10(3)16/h6-7,9,13,17-18H,4-5,8H2,1-3H3. The van der Waals surface area contributed by atoms with Crippen molar-refractivity contribution in [2.24, 2.45) is 0 Å². The average Bonchev–Trinajstić information content (AvgIpc) is 2.29. The molecule has 0 radical (unpaired) electrons.